The second kappa shape index (κ2) is 5.95. The lowest BCUT2D eigenvalue weighted by molar-refractivity contribution is -0.120. The minimum absolute atomic E-state index is 0.00193. The molecule has 15 heavy (non-hydrogen) atoms. The van der Waals surface area contributed by atoms with Gasteiger partial charge in [0, 0.05) is 6.61 Å². The fourth-order valence-corrected chi connectivity index (χ4v) is 1.48. The Bertz CT molecular complexity index is 335. The van der Waals surface area contributed by atoms with E-state index in [2.05, 4.69) is 5.32 Å². The van der Waals surface area contributed by atoms with Crippen molar-refractivity contribution in [2.45, 2.75) is 6.92 Å². The van der Waals surface area contributed by atoms with Crippen LogP contribution >= 0.6 is 23.2 Å². The summed E-state index contributed by atoms with van der Waals surface area (Å²) in [5.41, 5.74) is 0.422. The summed E-state index contributed by atoms with van der Waals surface area (Å²) in [6.45, 7) is 2.30. The van der Waals surface area contributed by atoms with Gasteiger partial charge in [0.15, 0.2) is 0 Å². The molecule has 0 fully saturated rings. The third-order valence-electron chi connectivity index (χ3n) is 1.66. The van der Waals surface area contributed by atoms with E-state index in [0.29, 0.717) is 22.3 Å². The fourth-order valence-electron chi connectivity index (χ4n) is 0.987. The van der Waals surface area contributed by atoms with Crippen LogP contribution in [0.25, 0.3) is 0 Å². The summed E-state index contributed by atoms with van der Waals surface area (Å²) < 4.78 is 4.95. The monoisotopic (exact) mass is 247 g/mol. The molecule has 0 aromatic heterocycles. The van der Waals surface area contributed by atoms with E-state index in [9.17, 15) is 4.79 Å². The quantitative estimate of drug-likeness (QED) is 0.889. The molecule has 0 aliphatic rings. The van der Waals surface area contributed by atoms with Crippen LogP contribution in [-0.4, -0.2) is 19.1 Å². The molecule has 0 saturated heterocycles. The maximum atomic E-state index is 11.3. The molecule has 1 rings (SSSR count). The number of para-hydroxylation sites is 1. The van der Waals surface area contributed by atoms with Crippen molar-refractivity contribution in [3.63, 3.8) is 0 Å². The lowest BCUT2D eigenvalue weighted by Crippen LogP contribution is -2.18. The van der Waals surface area contributed by atoms with Crippen LogP contribution in [0.1, 0.15) is 6.92 Å². The van der Waals surface area contributed by atoms with Gasteiger partial charge in [-0.3, -0.25) is 4.79 Å². The molecule has 0 saturated carbocycles. The standard InChI is InChI=1S/C10H11Cl2NO2/c1-2-15-6-9(14)13-10-7(11)4-3-5-8(10)12/h3-5H,2,6H2,1H3,(H,13,14). The minimum Gasteiger partial charge on any atom is -0.372 e. The van der Waals surface area contributed by atoms with Gasteiger partial charge in [0.2, 0.25) is 5.91 Å². The van der Waals surface area contributed by atoms with E-state index >= 15 is 0 Å². The average Bonchev–Trinajstić information content (AvgIpc) is 2.21. The Morgan fingerprint density at radius 1 is 1.40 bits per heavy atom. The maximum absolute atomic E-state index is 11.3. The van der Waals surface area contributed by atoms with E-state index in [1.54, 1.807) is 18.2 Å². The van der Waals surface area contributed by atoms with Gasteiger partial charge in [0.1, 0.15) is 6.61 Å². The van der Waals surface area contributed by atoms with Crippen molar-refractivity contribution < 1.29 is 9.53 Å². The molecular formula is C10H11Cl2NO2. The maximum Gasteiger partial charge on any atom is 0.250 e. The van der Waals surface area contributed by atoms with Crippen molar-refractivity contribution in [2.75, 3.05) is 18.5 Å². The number of amides is 1. The normalized spacial score (nSPS) is 10.1. The fraction of sp³-hybridized carbons (Fsp3) is 0.300. The molecule has 0 aliphatic heterocycles. The number of benzene rings is 1. The first-order valence-corrected chi connectivity index (χ1v) is 5.22. The summed E-state index contributed by atoms with van der Waals surface area (Å²) in [4.78, 5) is 11.3. The number of ether oxygens (including phenoxy) is 1. The number of carbonyl (C=O) groups excluding carboxylic acids is 1. The van der Waals surface area contributed by atoms with E-state index in [1.807, 2.05) is 6.92 Å². The molecule has 82 valence electrons. The molecule has 0 bridgehead atoms. The van der Waals surface area contributed by atoms with Gasteiger partial charge < -0.3 is 10.1 Å². The summed E-state index contributed by atoms with van der Waals surface area (Å²) in [6, 6.07) is 5.02. The first-order chi connectivity index (χ1) is 7.15. The highest BCUT2D eigenvalue weighted by atomic mass is 35.5. The van der Waals surface area contributed by atoms with Crippen LogP contribution in [0.15, 0.2) is 18.2 Å². The Morgan fingerprint density at radius 2 is 2.00 bits per heavy atom. The molecule has 0 unspecified atom stereocenters. The molecule has 1 aromatic carbocycles. The molecule has 0 radical (unpaired) electrons. The Hall–Kier alpha value is -0.770. The molecule has 0 atom stereocenters. The average molecular weight is 248 g/mol. The summed E-state index contributed by atoms with van der Waals surface area (Å²) in [5.74, 6) is -0.271. The first-order valence-electron chi connectivity index (χ1n) is 4.46. The molecule has 1 aromatic rings. The van der Waals surface area contributed by atoms with Gasteiger partial charge in [0.05, 0.1) is 15.7 Å². The zero-order chi connectivity index (χ0) is 11.3. The topological polar surface area (TPSA) is 38.3 Å². The largest absolute Gasteiger partial charge is 0.372 e. The Kier molecular flexibility index (Phi) is 4.88. The smallest absolute Gasteiger partial charge is 0.250 e. The van der Waals surface area contributed by atoms with E-state index in [4.69, 9.17) is 27.9 Å². The molecule has 0 spiro atoms. The highest BCUT2D eigenvalue weighted by Crippen LogP contribution is 2.29. The number of hydrogen-bond donors (Lipinski definition) is 1. The number of hydrogen-bond acceptors (Lipinski definition) is 2. The number of nitrogens with one attached hydrogen (secondary N) is 1. The van der Waals surface area contributed by atoms with Crippen LogP contribution in [0.5, 0.6) is 0 Å². The molecule has 0 aliphatic carbocycles. The van der Waals surface area contributed by atoms with Gasteiger partial charge in [-0.15, -0.1) is 0 Å². The SMILES string of the molecule is CCOCC(=O)Nc1c(Cl)cccc1Cl. The van der Waals surface area contributed by atoms with Crippen molar-refractivity contribution in [1.82, 2.24) is 0 Å². The van der Waals surface area contributed by atoms with Crippen molar-refractivity contribution >= 4 is 34.8 Å². The predicted molar refractivity (Wildman–Crippen MR) is 61.6 cm³/mol. The first kappa shape index (κ1) is 12.3. The van der Waals surface area contributed by atoms with Crippen LogP contribution in [0.2, 0.25) is 10.0 Å². The van der Waals surface area contributed by atoms with Crippen molar-refractivity contribution in [3.8, 4) is 0 Å². The molecule has 1 amide bonds. The van der Waals surface area contributed by atoms with Crippen LogP contribution in [0.3, 0.4) is 0 Å². The second-order valence-corrected chi connectivity index (χ2v) is 3.60. The van der Waals surface area contributed by atoms with Gasteiger partial charge in [-0.05, 0) is 19.1 Å². The van der Waals surface area contributed by atoms with E-state index in [0.717, 1.165) is 0 Å². The summed E-state index contributed by atoms with van der Waals surface area (Å²) >= 11 is 11.7. The highest BCUT2D eigenvalue weighted by Gasteiger charge is 2.08. The highest BCUT2D eigenvalue weighted by molar-refractivity contribution is 6.39. The lowest BCUT2D eigenvalue weighted by atomic mass is 10.3. The minimum atomic E-state index is -0.271. The predicted octanol–water partition coefficient (Wildman–Crippen LogP) is 2.97. The van der Waals surface area contributed by atoms with Gasteiger partial charge in [-0.2, -0.15) is 0 Å². The molecular weight excluding hydrogens is 237 g/mol. The number of anilines is 1. The zero-order valence-electron chi connectivity index (χ0n) is 8.22. The lowest BCUT2D eigenvalue weighted by Gasteiger charge is -2.08. The molecule has 3 nitrogen and oxygen atoms in total. The van der Waals surface area contributed by atoms with Crippen molar-refractivity contribution in [2.24, 2.45) is 0 Å². The Balaban J connectivity index is 2.68. The number of carbonyl (C=O) groups is 1. The van der Waals surface area contributed by atoms with Gasteiger partial charge >= 0.3 is 0 Å². The van der Waals surface area contributed by atoms with Crippen LogP contribution in [0.4, 0.5) is 5.69 Å². The Labute approximate surface area is 98.3 Å². The second-order valence-electron chi connectivity index (χ2n) is 2.78. The molecule has 1 N–H and O–H groups in total. The summed E-state index contributed by atoms with van der Waals surface area (Å²) in [7, 11) is 0. The number of halogens is 2. The molecule has 5 heteroatoms. The zero-order valence-corrected chi connectivity index (χ0v) is 9.73. The van der Waals surface area contributed by atoms with Gasteiger partial charge in [0.25, 0.3) is 0 Å². The molecule has 0 heterocycles. The van der Waals surface area contributed by atoms with Crippen molar-refractivity contribution in [3.05, 3.63) is 28.2 Å². The van der Waals surface area contributed by atoms with Gasteiger partial charge in [-0.25, -0.2) is 0 Å². The van der Waals surface area contributed by atoms with Crippen LogP contribution < -0.4 is 5.32 Å². The summed E-state index contributed by atoms with van der Waals surface area (Å²) in [6.07, 6.45) is 0. The third-order valence-corrected chi connectivity index (χ3v) is 2.29. The van der Waals surface area contributed by atoms with Crippen molar-refractivity contribution in [1.29, 1.82) is 0 Å². The summed E-state index contributed by atoms with van der Waals surface area (Å²) in [5, 5.41) is 3.40. The van der Waals surface area contributed by atoms with E-state index in [1.165, 1.54) is 0 Å². The van der Waals surface area contributed by atoms with E-state index < -0.39 is 0 Å². The van der Waals surface area contributed by atoms with Crippen LogP contribution in [-0.2, 0) is 9.53 Å². The van der Waals surface area contributed by atoms with E-state index in [-0.39, 0.29) is 12.5 Å². The Morgan fingerprint density at radius 3 is 2.53 bits per heavy atom. The third kappa shape index (κ3) is 3.70. The van der Waals surface area contributed by atoms with Gasteiger partial charge in [-0.1, -0.05) is 29.3 Å². The van der Waals surface area contributed by atoms with Crippen LogP contribution in [0, 0.1) is 0 Å². The number of rotatable bonds is 4.